The number of benzene rings is 1. The summed E-state index contributed by atoms with van der Waals surface area (Å²) in [6, 6.07) is 6.50. The fourth-order valence-corrected chi connectivity index (χ4v) is 5.19. The van der Waals surface area contributed by atoms with E-state index in [1.54, 1.807) is 31.4 Å². The molecule has 0 spiro atoms. The Kier molecular flexibility index (Phi) is 7.07. The quantitative estimate of drug-likeness (QED) is 0.450. The molecule has 9 heteroatoms. The van der Waals surface area contributed by atoms with Crippen molar-refractivity contribution in [1.29, 1.82) is 0 Å². The van der Waals surface area contributed by atoms with Gasteiger partial charge in [-0.15, -0.1) is 0 Å². The molecular weight excluding hydrogens is 370 g/mol. The van der Waals surface area contributed by atoms with Gasteiger partial charge in [-0.25, -0.2) is 8.42 Å². The number of piperazine rings is 1. The number of quaternary nitrogens is 2. The van der Waals surface area contributed by atoms with Crippen molar-refractivity contribution in [3.63, 3.8) is 0 Å². The number of nitrogens with zero attached hydrogens (tertiary/aromatic N) is 1. The minimum Gasteiger partial charge on any atom is -0.497 e. The highest BCUT2D eigenvalue weighted by Crippen LogP contribution is 2.19. The summed E-state index contributed by atoms with van der Waals surface area (Å²) in [4.78, 5) is 2.94. The summed E-state index contributed by atoms with van der Waals surface area (Å²) in [5.41, 5.74) is 0. The van der Waals surface area contributed by atoms with Gasteiger partial charge in [0.25, 0.3) is 0 Å². The van der Waals surface area contributed by atoms with Crippen LogP contribution in [0.5, 0.6) is 5.75 Å². The highest BCUT2D eigenvalue weighted by atomic mass is 32.2. The van der Waals surface area contributed by atoms with Crippen LogP contribution in [-0.4, -0.2) is 96.6 Å². The Hall–Kier alpha value is -1.23. The molecule has 3 N–H and O–H groups in total. The highest BCUT2D eigenvalue weighted by Gasteiger charge is 2.31. The molecule has 0 radical (unpaired) electrons. The number of aliphatic hydroxyl groups is 1. The second-order valence-electron chi connectivity index (χ2n) is 7.25. The smallest absolute Gasteiger partial charge is 0.243 e. The molecule has 1 aromatic carbocycles. The molecule has 8 nitrogen and oxygen atoms in total. The molecule has 2 heterocycles. The lowest BCUT2D eigenvalue weighted by atomic mass is 10.2. The third-order valence-corrected chi connectivity index (χ3v) is 7.29. The molecule has 1 aromatic rings. The molecule has 2 saturated heterocycles. The Labute approximate surface area is 161 Å². The second-order valence-corrected chi connectivity index (χ2v) is 9.19. The number of nitrogens with one attached hydrogen (secondary N) is 2. The van der Waals surface area contributed by atoms with Crippen LogP contribution in [0.1, 0.15) is 0 Å². The van der Waals surface area contributed by atoms with Gasteiger partial charge in [-0.1, -0.05) is 0 Å². The molecule has 0 unspecified atom stereocenters. The summed E-state index contributed by atoms with van der Waals surface area (Å²) in [6.07, 6.45) is -0.363. The summed E-state index contributed by atoms with van der Waals surface area (Å²) in [6.45, 7) is 7.19. The molecule has 3 rings (SSSR count). The van der Waals surface area contributed by atoms with Crippen LogP contribution in [-0.2, 0) is 14.8 Å². The molecule has 0 bridgehead atoms. The van der Waals surface area contributed by atoms with Gasteiger partial charge in [-0.05, 0) is 24.3 Å². The van der Waals surface area contributed by atoms with Gasteiger partial charge in [-0.3, -0.25) is 0 Å². The monoisotopic (exact) mass is 401 g/mol. The molecule has 1 atom stereocenters. The lowest BCUT2D eigenvalue weighted by Crippen LogP contribution is -3.19. The minimum absolute atomic E-state index is 0.294. The number of morpholine rings is 1. The fraction of sp³-hybridized carbons (Fsp3) is 0.667. The van der Waals surface area contributed by atoms with Crippen molar-refractivity contribution in [3.05, 3.63) is 24.3 Å². The Morgan fingerprint density at radius 2 is 1.63 bits per heavy atom. The molecule has 0 aromatic heterocycles. The van der Waals surface area contributed by atoms with E-state index < -0.39 is 10.0 Å². The Bertz CT molecular complexity index is 683. The molecule has 0 aliphatic carbocycles. The van der Waals surface area contributed by atoms with Crippen molar-refractivity contribution in [2.24, 2.45) is 0 Å². The summed E-state index contributed by atoms with van der Waals surface area (Å²) >= 11 is 0. The second kappa shape index (κ2) is 9.31. The maximum atomic E-state index is 12.8. The van der Waals surface area contributed by atoms with Crippen LogP contribution in [0.4, 0.5) is 0 Å². The van der Waals surface area contributed by atoms with Gasteiger partial charge in [0.1, 0.15) is 31.9 Å². The number of aliphatic hydroxyl groups excluding tert-OH is 1. The van der Waals surface area contributed by atoms with Crippen molar-refractivity contribution >= 4 is 10.0 Å². The zero-order valence-corrected chi connectivity index (χ0v) is 16.7. The third-order valence-electron chi connectivity index (χ3n) is 5.38. The number of methoxy groups -OCH3 is 1. The van der Waals surface area contributed by atoms with E-state index in [4.69, 9.17) is 9.47 Å². The van der Waals surface area contributed by atoms with Crippen LogP contribution in [0, 0.1) is 0 Å². The molecule has 2 aliphatic rings. The molecule has 27 heavy (non-hydrogen) atoms. The predicted octanol–water partition coefficient (Wildman–Crippen LogP) is -3.14. The van der Waals surface area contributed by atoms with Crippen LogP contribution in [0.3, 0.4) is 0 Å². The summed E-state index contributed by atoms with van der Waals surface area (Å²) in [7, 11) is -1.92. The Morgan fingerprint density at radius 1 is 1.07 bits per heavy atom. The normalized spacial score (nSPS) is 21.9. The summed E-state index contributed by atoms with van der Waals surface area (Å²) < 4.78 is 37.6. The van der Waals surface area contributed by atoms with E-state index in [9.17, 15) is 13.5 Å². The first kappa shape index (κ1) is 20.5. The number of hydrogen-bond acceptors (Lipinski definition) is 5. The maximum Gasteiger partial charge on any atom is 0.243 e. The first-order chi connectivity index (χ1) is 13.0. The molecule has 2 aliphatic heterocycles. The molecule has 0 amide bonds. The van der Waals surface area contributed by atoms with Gasteiger partial charge >= 0.3 is 0 Å². The average molecular weight is 402 g/mol. The first-order valence-electron chi connectivity index (χ1n) is 9.56. The van der Waals surface area contributed by atoms with Crippen LogP contribution >= 0.6 is 0 Å². The molecule has 2 fully saturated rings. The van der Waals surface area contributed by atoms with Crippen molar-refractivity contribution in [2.45, 2.75) is 11.0 Å². The van der Waals surface area contributed by atoms with E-state index in [1.165, 1.54) is 14.1 Å². The van der Waals surface area contributed by atoms with Crippen LogP contribution in [0.2, 0.25) is 0 Å². The third kappa shape index (κ3) is 5.40. The zero-order valence-electron chi connectivity index (χ0n) is 15.9. The van der Waals surface area contributed by atoms with E-state index in [2.05, 4.69) is 0 Å². The van der Waals surface area contributed by atoms with Gasteiger partial charge < -0.3 is 24.4 Å². The van der Waals surface area contributed by atoms with E-state index in [1.807, 2.05) is 0 Å². The predicted molar refractivity (Wildman–Crippen MR) is 99.7 cm³/mol. The summed E-state index contributed by atoms with van der Waals surface area (Å²) in [5, 5.41) is 10.4. The number of ether oxygens (including phenoxy) is 2. The number of hydrogen-bond donors (Lipinski definition) is 3. The van der Waals surface area contributed by atoms with E-state index >= 15 is 0 Å². The van der Waals surface area contributed by atoms with Crippen molar-refractivity contribution in [2.75, 3.05) is 72.7 Å². The van der Waals surface area contributed by atoms with Gasteiger partial charge in [0.15, 0.2) is 6.10 Å². The topological polar surface area (TPSA) is 85.0 Å². The largest absolute Gasteiger partial charge is 0.497 e. The average Bonchev–Trinajstić information content (AvgIpc) is 2.69. The lowest BCUT2D eigenvalue weighted by Gasteiger charge is -2.33. The lowest BCUT2D eigenvalue weighted by molar-refractivity contribution is -0.930. The van der Waals surface area contributed by atoms with Crippen molar-refractivity contribution < 1.29 is 32.8 Å². The van der Waals surface area contributed by atoms with Crippen LogP contribution < -0.4 is 14.5 Å². The zero-order chi connectivity index (χ0) is 19.3. The molecule has 152 valence electrons. The van der Waals surface area contributed by atoms with Crippen LogP contribution in [0.15, 0.2) is 29.2 Å². The van der Waals surface area contributed by atoms with Gasteiger partial charge in [0, 0.05) is 0 Å². The standard InChI is InChI=1S/C18H29N3O5S/c1-25-17-2-4-18(5-3-17)27(23,24)21-8-6-19(7-9-21)14-16(22)15-20-10-12-26-13-11-20/h2-5,16,22H,6-15H2,1H3/p+2/t16-/m1/s1. The molecular formula is C18H31N3O5S+2. The van der Waals surface area contributed by atoms with Gasteiger partial charge in [0.2, 0.25) is 10.0 Å². The Morgan fingerprint density at radius 3 is 2.19 bits per heavy atom. The number of rotatable bonds is 7. The van der Waals surface area contributed by atoms with Gasteiger partial charge in [-0.2, -0.15) is 4.31 Å². The number of sulfonamides is 1. The highest BCUT2D eigenvalue weighted by molar-refractivity contribution is 7.89. The SMILES string of the molecule is COc1ccc(S(=O)(=O)N2CC[NH+](C[C@@H](O)C[NH+]3CCOCC3)CC2)cc1. The minimum atomic E-state index is -3.48. The molecule has 0 saturated carbocycles. The van der Waals surface area contributed by atoms with Gasteiger partial charge in [0.05, 0.1) is 51.4 Å². The maximum absolute atomic E-state index is 12.8. The van der Waals surface area contributed by atoms with E-state index in [0.717, 1.165) is 32.8 Å². The van der Waals surface area contributed by atoms with E-state index in [-0.39, 0.29) is 6.10 Å². The van der Waals surface area contributed by atoms with Crippen molar-refractivity contribution in [3.8, 4) is 5.75 Å². The fourth-order valence-electron chi connectivity index (χ4n) is 3.75. The summed E-state index contributed by atoms with van der Waals surface area (Å²) in [5.74, 6) is 0.639. The van der Waals surface area contributed by atoms with E-state index in [0.29, 0.717) is 43.4 Å². The Balaban J connectivity index is 1.48. The van der Waals surface area contributed by atoms with Crippen LogP contribution in [0.25, 0.3) is 0 Å². The first-order valence-corrected chi connectivity index (χ1v) is 11.0. The van der Waals surface area contributed by atoms with Crippen molar-refractivity contribution in [1.82, 2.24) is 4.31 Å².